The van der Waals surface area contributed by atoms with Crippen molar-refractivity contribution in [2.75, 3.05) is 0 Å². The van der Waals surface area contributed by atoms with E-state index in [0.717, 1.165) is 0 Å². The zero-order valence-corrected chi connectivity index (χ0v) is 17.9. The Morgan fingerprint density at radius 2 is 1.00 bits per heavy atom. The van der Waals surface area contributed by atoms with Crippen molar-refractivity contribution in [2.24, 2.45) is 0 Å². The maximum Gasteiger partial charge on any atom is 0.169 e. The Bertz CT molecular complexity index is 623. The molecule has 2 aromatic heterocycles. The van der Waals surface area contributed by atoms with Gasteiger partial charge >= 0.3 is 0 Å². The van der Waals surface area contributed by atoms with Gasteiger partial charge in [-0.1, -0.05) is 12.1 Å². The van der Waals surface area contributed by atoms with Crippen LogP contribution in [0.4, 0.5) is 0 Å². The second kappa shape index (κ2) is 8.45. The van der Waals surface area contributed by atoms with E-state index in [1.807, 2.05) is 69.9 Å². The highest BCUT2D eigenvalue weighted by atomic mass is 33.8. The van der Waals surface area contributed by atoms with Crippen molar-refractivity contribution in [2.45, 2.75) is 0 Å². The molecule has 2 atom stereocenters. The van der Waals surface area contributed by atoms with Gasteiger partial charge in [0.25, 0.3) is 0 Å². The molecule has 0 radical (unpaired) electrons. The predicted octanol–water partition coefficient (Wildman–Crippen LogP) is 4.23. The lowest BCUT2D eigenvalue weighted by Gasteiger charge is -2.23. The first kappa shape index (κ1) is 18.7. The summed E-state index contributed by atoms with van der Waals surface area (Å²) in [5.74, 6) is 0. The van der Waals surface area contributed by atoms with Crippen molar-refractivity contribution in [1.29, 1.82) is 0 Å². The van der Waals surface area contributed by atoms with Crippen LogP contribution in [0.15, 0.2) is 61.2 Å². The molecule has 11 heteroatoms. The maximum absolute atomic E-state index is 5.57. The lowest BCUT2D eigenvalue weighted by atomic mass is 10.5. The molecule has 21 heavy (non-hydrogen) atoms. The van der Waals surface area contributed by atoms with Crippen molar-refractivity contribution in [3.8, 4) is 0 Å². The Kier molecular flexibility index (Phi) is 7.52. The molecular formula is C10H10N2P2S7. The molecule has 0 fully saturated rings. The Hall–Kier alpha value is 1.35. The van der Waals surface area contributed by atoms with Gasteiger partial charge in [0.1, 0.15) is 9.18 Å². The average molecular weight is 445 g/mol. The molecule has 0 aliphatic rings. The summed E-state index contributed by atoms with van der Waals surface area (Å²) in [4.78, 5) is 0. The van der Waals surface area contributed by atoms with E-state index in [1.54, 1.807) is 0 Å². The Morgan fingerprint density at radius 3 is 1.33 bits per heavy atom. The van der Waals surface area contributed by atoms with E-state index < -0.39 is 9.18 Å². The van der Waals surface area contributed by atoms with Crippen molar-refractivity contribution in [3.05, 3.63) is 61.2 Å². The molecule has 112 valence electrons. The van der Waals surface area contributed by atoms with Gasteiger partial charge in [-0.2, -0.15) is 8.68 Å². The molecule has 0 saturated heterocycles. The van der Waals surface area contributed by atoms with Gasteiger partial charge in [-0.05, 0) is 54.3 Å². The van der Waals surface area contributed by atoms with Crippen LogP contribution in [0.25, 0.3) is 0 Å². The number of hydrogen-bond donors (Lipinski definition) is 0. The zero-order valence-electron chi connectivity index (χ0n) is 10.4. The molecule has 0 saturated carbocycles. The Balaban J connectivity index is 1.98. The number of hydrogen-bond acceptors (Lipinski definition) is 7. The summed E-state index contributed by atoms with van der Waals surface area (Å²) in [7, 11) is 4.57. The molecule has 2 aromatic rings. The molecule has 0 N–H and O–H groups in total. The summed E-state index contributed by atoms with van der Waals surface area (Å²) in [6, 6.07) is 11.6. The minimum atomic E-state index is -2.11. The maximum atomic E-state index is 5.57. The van der Waals surface area contributed by atoms with E-state index in [0.29, 0.717) is 0 Å². The normalized spacial score (nSPS) is 16.9. The van der Waals surface area contributed by atoms with Crippen LogP contribution in [-0.4, -0.2) is 0 Å². The molecule has 2 heterocycles. The predicted molar refractivity (Wildman–Crippen MR) is 110 cm³/mol. The topological polar surface area (TPSA) is 7.76 Å². The van der Waals surface area contributed by atoms with E-state index in [1.165, 1.54) is 30.7 Å². The minimum Gasteiger partial charge on any atom is -0.664 e. The van der Waals surface area contributed by atoms with E-state index in [9.17, 15) is 0 Å². The van der Waals surface area contributed by atoms with Crippen LogP contribution in [0.3, 0.4) is 0 Å². The number of nitrogens with zero attached hydrogens (tertiary/aromatic N) is 2. The van der Waals surface area contributed by atoms with Gasteiger partial charge in [0.05, 0.1) is 0 Å². The first-order valence-electron chi connectivity index (χ1n) is 5.53. The fourth-order valence-electron chi connectivity index (χ4n) is 1.27. The summed E-state index contributed by atoms with van der Waals surface area (Å²) in [5, 5.41) is 0. The van der Waals surface area contributed by atoms with Gasteiger partial charge in [-0.15, -0.1) is 0 Å². The fraction of sp³-hybridized carbons (Fsp3) is 0. The summed E-state index contributed by atoms with van der Waals surface area (Å²) in [6.45, 7) is 0. The summed E-state index contributed by atoms with van der Waals surface area (Å²) in [5.41, 5.74) is 0. The summed E-state index contributed by atoms with van der Waals surface area (Å²) >= 11 is 22.3. The van der Waals surface area contributed by atoms with Crippen LogP contribution in [0.2, 0.25) is 0 Å². The molecule has 2 unspecified atom stereocenters. The second-order valence-electron chi connectivity index (χ2n) is 3.67. The number of rotatable bonds is 6. The van der Waals surface area contributed by atoms with Crippen LogP contribution < -0.4 is 8.68 Å². The standard InChI is InChI=1S/C10H10N2P2S7/c15-13(16,11-7-3-1-4-8-11)19-21-20-14(17,18)12-9-5-2-6-10-12/h1-10H. The SMILES string of the molecule is S=P([S-])(SSSP(=S)([S-])[n+]1ccccc1)[n+]1ccccc1. The fourth-order valence-corrected chi connectivity index (χ4v) is 23.7. The summed E-state index contributed by atoms with van der Waals surface area (Å²) < 4.78 is -0.371. The molecule has 0 aliphatic carbocycles. The van der Waals surface area contributed by atoms with Crippen molar-refractivity contribution in [3.63, 3.8) is 0 Å². The largest absolute Gasteiger partial charge is 0.664 e. The third-order valence-corrected chi connectivity index (χ3v) is 23.6. The van der Waals surface area contributed by atoms with Gasteiger partial charge in [-0.25, -0.2) is 0 Å². The second-order valence-corrected chi connectivity index (χ2v) is 25.8. The molecule has 0 bridgehead atoms. The Morgan fingerprint density at radius 1 is 0.667 bits per heavy atom. The van der Waals surface area contributed by atoms with Crippen LogP contribution in [-0.2, 0) is 48.1 Å². The lowest BCUT2D eigenvalue weighted by molar-refractivity contribution is -0.504. The van der Waals surface area contributed by atoms with Crippen molar-refractivity contribution in [1.82, 2.24) is 0 Å². The monoisotopic (exact) mass is 444 g/mol. The minimum absolute atomic E-state index is 1.52. The van der Waals surface area contributed by atoms with Crippen LogP contribution >= 0.6 is 39.8 Å². The molecule has 2 nitrogen and oxygen atoms in total. The quantitative estimate of drug-likeness (QED) is 0.369. The molecule has 0 amide bonds. The third kappa shape index (κ3) is 5.73. The molecule has 2 rings (SSSR count). The highest BCUT2D eigenvalue weighted by Gasteiger charge is 2.18. The average Bonchev–Trinajstić information content (AvgIpc) is 2.49. The number of aromatic nitrogens is 2. The van der Waals surface area contributed by atoms with Gasteiger partial charge in [0.15, 0.2) is 24.8 Å². The molecule has 0 aliphatic heterocycles. The third-order valence-electron chi connectivity index (χ3n) is 2.21. The Labute approximate surface area is 156 Å². The molecular weight excluding hydrogens is 435 g/mol. The van der Waals surface area contributed by atoms with E-state index in [2.05, 4.69) is 0 Å². The smallest absolute Gasteiger partial charge is 0.169 e. The van der Waals surface area contributed by atoms with Crippen molar-refractivity contribution < 1.29 is 8.68 Å². The molecule has 0 aromatic carbocycles. The first-order chi connectivity index (χ1) is 9.92. The van der Waals surface area contributed by atoms with Gasteiger partial charge in [0, 0.05) is 24.3 Å². The summed E-state index contributed by atoms with van der Waals surface area (Å²) in [6.07, 6.45) is 7.67. The van der Waals surface area contributed by atoms with E-state index in [-0.39, 0.29) is 0 Å². The molecule has 0 spiro atoms. The van der Waals surface area contributed by atoms with Crippen LogP contribution in [0.5, 0.6) is 0 Å². The van der Waals surface area contributed by atoms with Crippen LogP contribution in [0, 0.1) is 0 Å². The van der Waals surface area contributed by atoms with Gasteiger partial charge in [-0.3, -0.25) is 0 Å². The van der Waals surface area contributed by atoms with E-state index in [4.69, 9.17) is 48.1 Å². The highest BCUT2D eigenvalue weighted by Crippen LogP contribution is 2.69. The highest BCUT2D eigenvalue weighted by molar-refractivity contribution is 9.36. The van der Waals surface area contributed by atoms with Crippen molar-refractivity contribution >= 4 is 87.9 Å². The van der Waals surface area contributed by atoms with Crippen LogP contribution in [0.1, 0.15) is 0 Å². The first-order valence-corrected chi connectivity index (χ1v) is 17.8. The van der Waals surface area contributed by atoms with Gasteiger partial charge < -0.3 is 24.5 Å². The number of pyridine rings is 2. The van der Waals surface area contributed by atoms with Gasteiger partial charge in [0.2, 0.25) is 0 Å². The lowest BCUT2D eigenvalue weighted by Crippen LogP contribution is -2.26. The zero-order chi connectivity index (χ0) is 15.3. The van der Waals surface area contributed by atoms with E-state index >= 15 is 0 Å².